The Morgan fingerprint density at radius 1 is 1.16 bits per heavy atom. The molecule has 174 valence electrons. The topological polar surface area (TPSA) is 59.5 Å². The van der Waals surface area contributed by atoms with Crippen molar-refractivity contribution in [1.82, 2.24) is 14.5 Å². The van der Waals surface area contributed by atoms with E-state index in [2.05, 4.69) is 16.8 Å². The lowest BCUT2D eigenvalue weighted by molar-refractivity contribution is -0.0419. The van der Waals surface area contributed by atoms with Gasteiger partial charge in [0, 0.05) is 31.8 Å². The fraction of sp³-hybridized carbons (Fsp3) is 0.696. The van der Waals surface area contributed by atoms with Gasteiger partial charge in [0.05, 0.1) is 30.4 Å². The number of halogens is 2. The number of rotatable bonds is 6. The Balaban J connectivity index is 0.00000272. The Morgan fingerprint density at radius 2 is 1.84 bits per heavy atom. The fourth-order valence-corrected chi connectivity index (χ4v) is 5.27. The van der Waals surface area contributed by atoms with Gasteiger partial charge >= 0.3 is 5.69 Å². The maximum absolute atomic E-state index is 13.9. The van der Waals surface area contributed by atoms with Gasteiger partial charge in [-0.3, -0.25) is 9.47 Å². The van der Waals surface area contributed by atoms with Crippen molar-refractivity contribution in [2.45, 2.75) is 70.1 Å². The molecule has 1 saturated carbocycles. The van der Waals surface area contributed by atoms with E-state index >= 15 is 0 Å². The van der Waals surface area contributed by atoms with Crippen LogP contribution in [0.5, 0.6) is 0 Å². The zero-order chi connectivity index (χ0) is 21.3. The molecule has 1 aliphatic heterocycles. The van der Waals surface area contributed by atoms with E-state index in [1.54, 1.807) is 20.1 Å². The summed E-state index contributed by atoms with van der Waals surface area (Å²) in [4.78, 5) is 18.0. The molecule has 0 amide bonds. The number of ether oxygens (including phenoxy) is 2. The molecule has 1 aliphatic carbocycles. The zero-order valence-electron chi connectivity index (χ0n) is 18.8. The number of likely N-dealkylation sites (tertiary alicyclic amines) is 1. The first-order valence-corrected chi connectivity index (χ1v) is 11.2. The standard InChI is InChI=1S/C23H34FN3O3.ClH/c1-16-14-21-20(15-19(16)24)25-22(28)27(21)17-6-10-26(11-7-17)23(2)8-4-18(5-9-23)30-13-12-29-3;/h14-15,17-18H,4-13H2,1-3H3,(H,25,28);1H. The van der Waals surface area contributed by atoms with E-state index < -0.39 is 0 Å². The number of nitrogens with zero attached hydrogens (tertiary/aromatic N) is 2. The van der Waals surface area contributed by atoms with E-state index in [9.17, 15) is 9.18 Å². The number of benzene rings is 1. The number of fused-ring (bicyclic) bond motifs is 1. The molecule has 8 heteroatoms. The molecule has 2 aromatic rings. The first-order chi connectivity index (χ1) is 14.4. The monoisotopic (exact) mass is 455 g/mol. The quantitative estimate of drug-likeness (QED) is 0.663. The van der Waals surface area contributed by atoms with Crippen LogP contribution in [0.1, 0.15) is 57.1 Å². The molecule has 0 unspecified atom stereocenters. The summed E-state index contributed by atoms with van der Waals surface area (Å²) in [5.74, 6) is -0.277. The molecule has 0 radical (unpaired) electrons. The predicted octanol–water partition coefficient (Wildman–Crippen LogP) is 4.20. The van der Waals surface area contributed by atoms with Gasteiger partial charge in [0.2, 0.25) is 0 Å². The number of nitrogens with one attached hydrogen (secondary N) is 1. The maximum atomic E-state index is 13.9. The van der Waals surface area contributed by atoms with Crippen LogP contribution in [0.4, 0.5) is 4.39 Å². The highest BCUT2D eigenvalue weighted by Gasteiger charge is 2.38. The van der Waals surface area contributed by atoms with Crippen molar-refractivity contribution >= 4 is 23.4 Å². The van der Waals surface area contributed by atoms with Crippen LogP contribution in [-0.2, 0) is 9.47 Å². The van der Waals surface area contributed by atoms with Gasteiger partial charge in [0.25, 0.3) is 0 Å². The molecule has 0 bridgehead atoms. The number of aromatic amines is 1. The molecule has 1 saturated heterocycles. The second-order valence-corrected chi connectivity index (χ2v) is 9.20. The van der Waals surface area contributed by atoms with Gasteiger partial charge in [-0.15, -0.1) is 12.4 Å². The summed E-state index contributed by atoms with van der Waals surface area (Å²) in [6.45, 7) is 7.41. The third-order valence-corrected chi connectivity index (χ3v) is 7.24. The number of imidazole rings is 1. The Kier molecular flexibility index (Phi) is 7.84. The maximum Gasteiger partial charge on any atom is 0.326 e. The van der Waals surface area contributed by atoms with Crippen molar-refractivity contribution < 1.29 is 13.9 Å². The highest BCUT2D eigenvalue weighted by Crippen LogP contribution is 2.38. The minimum atomic E-state index is -0.277. The van der Waals surface area contributed by atoms with E-state index in [1.165, 1.54) is 6.07 Å². The van der Waals surface area contributed by atoms with Crippen LogP contribution in [-0.4, -0.2) is 59.5 Å². The van der Waals surface area contributed by atoms with Crippen LogP contribution in [0.3, 0.4) is 0 Å². The summed E-state index contributed by atoms with van der Waals surface area (Å²) < 4.78 is 26.8. The summed E-state index contributed by atoms with van der Waals surface area (Å²) in [6.07, 6.45) is 6.68. The molecule has 31 heavy (non-hydrogen) atoms. The summed E-state index contributed by atoms with van der Waals surface area (Å²) in [7, 11) is 1.70. The Morgan fingerprint density at radius 3 is 2.48 bits per heavy atom. The van der Waals surface area contributed by atoms with E-state index in [-0.39, 0.29) is 35.5 Å². The SMILES string of the molecule is COCCOC1CCC(C)(N2CCC(n3c(=O)[nH]c4cc(F)c(C)cc43)CC2)CC1.Cl. The van der Waals surface area contributed by atoms with Crippen LogP contribution in [0.2, 0.25) is 0 Å². The lowest BCUT2D eigenvalue weighted by Crippen LogP contribution is -2.53. The number of H-pyrrole nitrogens is 1. The van der Waals surface area contributed by atoms with Crippen molar-refractivity contribution in [2.24, 2.45) is 0 Å². The van der Waals surface area contributed by atoms with Gasteiger partial charge < -0.3 is 14.5 Å². The smallest absolute Gasteiger partial charge is 0.326 e. The number of methoxy groups -OCH3 is 1. The van der Waals surface area contributed by atoms with Gasteiger partial charge in [-0.25, -0.2) is 9.18 Å². The third kappa shape index (κ3) is 5.00. The average molecular weight is 456 g/mol. The lowest BCUT2D eigenvalue weighted by atomic mass is 9.79. The Bertz CT molecular complexity index is 928. The molecule has 2 aliphatic rings. The van der Waals surface area contributed by atoms with Gasteiger partial charge in [-0.2, -0.15) is 0 Å². The molecule has 0 spiro atoms. The molecule has 1 aromatic heterocycles. The Labute approximate surface area is 189 Å². The summed E-state index contributed by atoms with van der Waals surface area (Å²) in [5, 5.41) is 0. The number of hydrogen-bond acceptors (Lipinski definition) is 4. The number of hydrogen-bond donors (Lipinski definition) is 1. The minimum Gasteiger partial charge on any atom is -0.382 e. The van der Waals surface area contributed by atoms with Crippen molar-refractivity contribution in [3.8, 4) is 0 Å². The normalized spacial score (nSPS) is 25.6. The second-order valence-electron chi connectivity index (χ2n) is 9.20. The van der Waals surface area contributed by atoms with Gasteiger partial charge in [-0.05, 0) is 70.1 Å². The third-order valence-electron chi connectivity index (χ3n) is 7.24. The van der Waals surface area contributed by atoms with E-state index in [4.69, 9.17) is 9.47 Å². The van der Waals surface area contributed by atoms with Crippen LogP contribution in [0.25, 0.3) is 11.0 Å². The van der Waals surface area contributed by atoms with Crippen LogP contribution in [0, 0.1) is 12.7 Å². The fourth-order valence-electron chi connectivity index (χ4n) is 5.27. The molecular formula is C23H35ClFN3O3. The molecule has 4 rings (SSSR count). The summed E-state index contributed by atoms with van der Waals surface area (Å²) >= 11 is 0. The summed E-state index contributed by atoms with van der Waals surface area (Å²) in [5.41, 5.74) is 2.05. The van der Waals surface area contributed by atoms with E-state index in [0.717, 1.165) is 57.1 Å². The minimum absolute atomic E-state index is 0. The van der Waals surface area contributed by atoms with Crippen molar-refractivity contribution in [2.75, 3.05) is 33.4 Å². The van der Waals surface area contributed by atoms with Gasteiger partial charge in [-0.1, -0.05) is 0 Å². The molecular weight excluding hydrogens is 421 g/mol. The zero-order valence-corrected chi connectivity index (χ0v) is 19.6. The first-order valence-electron chi connectivity index (χ1n) is 11.2. The van der Waals surface area contributed by atoms with Crippen molar-refractivity contribution in [1.29, 1.82) is 0 Å². The number of piperidine rings is 1. The van der Waals surface area contributed by atoms with E-state index in [1.807, 2.05) is 4.57 Å². The van der Waals surface area contributed by atoms with Crippen LogP contribution < -0.4 is 5.69 Å². The number of aryl methyl sites for hydroxylation is 1. The highest BCUT2D eigenvalue weighted by atomic mass is 35.5. The molecule has 2 fully saturated rings. The van der Waals surface area contributed by atoms with Gasteiger partial charge in [0.15, 0.2) is 0 Å². The van der Waals surface area contributed by atoms with Crippen molar-refractivity contribution in [3.05, 3.63) is 34.0 Å². The molecule has 2 heterocycles. The highest BCUT2D eigenvalue weighted by molar-refractivity contribution is 5.85. The molecule has 1 N–H and O–H groups in total. The van der Waals surface area contributed by atoms with Gasteiger partial charge in [0.1, 0.15) is 5.82 Å². The van der Waals surface area contributed by atoms with Crippen LogP contribution >= 0.6 is 12.4 Å². The molecule has 1 aromatic carbocycles. The molecule has 0 atom stereocenters. The predicted molar refractivity (Wildman–Crippen MR) is 123 cm³/mol. The average Bonchev–Trinajstić information content (AvgIpc) is 3.05. The Hall–Kier alpha value is -1.41. The summed E-state index contributed by atoms with van der Waals surface area (Å²) in [6, 6.07) is 3.39. The van der Waals surface area contributed by atoms with Crippen LogP contribution in [0.15, 0.2) is 16.9 Å². The lowest BCUT2D eigenvalue weighted by Gasteiger charge is -2.48. The first kappa shape index (κ1) is 24.2. The van der Waals surface area contributed by atoms with E-state index in [0.29, 0.717) is 30.4 Å². The van der Waals surface area contributed by atoms with Crippen molar-refractivity contribution in [3.63, 3.8) is 0 Å². The largest absolute Gasteiger partial charge is 0.382 e. The molecule has 6 nitrogen and oxygen atoms in total. The second kappa shape index (κ2) is 10.0. The number of aromatic nitrogens is 2.